The number of thiocarbonyl (C=S) groups is 1. The van der Waals surface area contributed by atoms with Gasteiger partial charge in [0.25, 0.3) is 5.91 Å². The first-order valence-electron chi connectivity index (χ1n) is 9.82. The van der Waals surface area contributed by atoms with Crippen LogP contribution in [-0.4, -0.2) is 17.6 Å². The molecule has 0 spiro atoms. The SMILES string of the molecule is CCOc1ccccc1NC(=O)C1=C(C)NC(=S)N[C@@H]1c1ccc(C(C)C)cc1. The fourth-order valence-corrected chi connectivity index (χ4v) is 3.63. The number of carbonyl (C=O) groups excluding carboxylic acids is 1. The van der Waals surface area contributed by atoms with Crippen LogP contribution in [0.3, 0.4) is 0 Å². The summed E-state index contributed by atoms with van der Waals surface area (Å²) in [6, 6.07) is 15.4. The second-order valence-corrected chi connectivity index (χ2v) is 7.68. The summed E-state index contributed by atoms with van der Waals surface area (Å²) in [5.74, 6) is 0.892. The number of rotatable bonds is 6. The Labute approximate surface area is 177 Å². The first-order valence-corrected chi connectivity index (χ1v) is 10.2. The van der Waals surface area contributed by atoms with Crippen LogP contribution >= 0.6 is 12.2 Å². The average molecular weight is 410 g/mol. The molecule has 0 aliphatic carbocycles. The molecule has 0 radical (unpaired) electrons. The number of ether oxygens (including phenoxy) is 1. The smallest absolute Gasteiger partial charge is 0.255 e. The zero-order valence-electron chi connectivity index (χ0n) is 17.2. The summed E-state index contributed by atoms with van der Waals surface area (Å²) in [7, 11) is 0. The monoisotopic (exact) mass is 409 g/mol. The van der Waals surface area contributed by atoms with Crippen molar-refractivity contribution in [3.05, 3.63) is 70.9 Å². The summed E-state index contributed by atoms with van der Waals surface area (Å²) in [6.45, 7) is 8.62. The highest BCUT2D eigenvalue weighted by molar-refractivity contribution is 7.80. The lowest BCUT2D eigenvalue weighted by atomic mass is 9.92. The van der Waals surface area contributed by atoms with E-state index in [1.54, 1.807) is 0 Å². The van der Waals surface area contributed by atoms with E-state index in [0.717, 1.165) is 11.3 Å². The van der Waals surface area contributed by atoms with Gasteiger partial charge in [-0.2, -0.15) is 0 Å². The van der Waals surface area contributed by atoms with Gasteiger partial charge in [-0.1, -0.05) is 50.2 Å². The first kappa shape index (κ1) is 20.9. The van der Waals surface area contributed by atoms with Crippen molar-refractivity contribution in [2.75, 3.05) is 11.9 Å². The summed E-state index contributed by atoms with van der Waals surface area (Å²) >= 11 is 5.34. The van der Waals surface area contributed by atoms with Gasteiger partial charge in [-0.05, 0) is 55.2 Å². The van der Waals surface area contributed by atoms with E-state index in [2.05, 4.69) is 54.1 Å². The van der Waals surface area contributed by atoms with Crippen molar-refractivity contribution in [1.82, 2.24) is 10.6 Å². The Morgan fingerprint density at radius 2 is 1.86 bits per heavy atom. The standard InChI is InChI=1S/C23H27N3O2S/c1-5-28-19-9-7-6-8-18(19)25-22(27)20-15(4)24-23(29)26-21(20)17-12-10-16(11-13-17)14(2)3/h6-14,21H,5H2,1-4H3,(H,25,27)(H2,24,26,29)/t21-/m1/s1. The van der Waals surface area contributed by atoms with Gasteiger partial charge >= 0.3 is 0 Å². The topological polar surface area (TPSA) is 62.4 Å². The molecule has 5 nitrogen and oxygen atoms in total. The fraction of sp³-hybridized carbons (Fsp3) is 0.304. The molecular weight excluding hydrogens is 382 g/mol. The van der Waals surface area contributed by atoms with E-state index in [4.69, 9.17) is 17.0 Å². The molecule has 0 saturated heterocycles. The van der Waals surface area contributed by atoms with Crippen molar-refractivity contribution in [3.8, 4) is 5.75 Å². The third kappa shape index (κ3) is 4.77. The van der Waals surface area contributed by atoms with Crippen LogP contribution < -0.4 is 20.7 Å². The summed E-state index contributed by atoms with van der Waals surface area (Å²) in [5, 5.41) is 9.81. The number of allylic oxidation sites excluding steroid dienone is 1. The maximum atomic E-state index is 13.3. The predicted molar refractivity (Wildman–Crippen MR) is 121 cm³/mol. The second kappa shape index (κ2) is 9.09. The number of carbonyl (C=O) groups is 1. The Bertz CT molecular complexity index is 935. The van der Waals surface area contributed by atoms with Crippen molar-refractivity contribution in [3.63, 3.8) is 0 Å². The molecular formula is C23H27N3O2S. The van der Waals surface area contributed by atoms with E-state index in [-0.39, 0.29) is 11.9 Å². The van der Waals surface area contributed by atoms with Crippen molar-refractivity contribution in [1.29, 1.82) is 0 Å². The van der Waals surface area contributed by atoms with Crippen molar-refractivity contribution < 1.29 is 9.53 Å². The number of hydrogen-bond acceptors (Lipinski definition) is 3. The highest BCUT2D eigenvalue weighted by Gasteiger charge is 2.30. The molecule has 1 aliphatic heterocycles. The Kier molecular flexibility index (Phi) is 6.54. The fourth-order valence-electron chi connectivity index (χ4n) is 3.36. The van der Waals surface area contributed by atoms with E-state index in [1.165, 1.54) is 5.56 Å². The number of para-hydroxylation sites is 2. The van der Waals surface area contributed by atoms with Crippen LogP contribution in [0.2, 0.25) is 0 Å². The molecule has 0 fully saturated rings. The summed E-state index contributed by atoms with van der Waals surface area (Å²) in [4.78, 5) is 13.3. The quantitative estimate of drug-likeness (QED) is 0.607. The average Bonchev–Trinajstić information content (AvgIpc) is 2.69. The van der Waals surface area contributed by atoms with Crippen LogP contribution in [0.25, 0.3) is 0 Å². The number of anilines is 1. The summed E-state index contributed by atoms with van der Waals surface area (Å²) < 4.78 is 5.63. The van der Waals surface area contributed by atoms with Crippen LogP contribution in [-0.2, 0) is 4.79 Å². The molecule has 2 aromatic carbocycles. The molecule has 1 amide bonds. The van der Waals surface area contributed by atoms with Gasteiger partial charge in [0, 0.05) is 5.70 Å². The van der Waals surface area contributed by atoms with E-state index >= 15 is 0 Å². The maximum Gasteiger partial charge on any atom is 0.255 e. The van der Waals surface area contributed by atoms with Crippen LogP contribution in [0.5, 0.6) is 5.75 Å². The molecule has 0 aromatic heterocycles. The molecule has 3 N–H and O–H groups in total. The molecule has 1 aliphatic rings. The Hall–Kier alpha value is -2.86. The van der Waals surface area contributed by atoms with Crippen molar-refractivity contribution in [2.45, 2.75) is 39.7 Å². The third-order valence-corrected chi connectivity index (χ3v) is 5.11. The Balaban J connectivity index is 1.92. The predicted octanol–water partition coefficient (Wildman–Crippen LogP) is 4.64. The highest BCUT2D eigenvalue weighted by atomic mass is 32.1. The molecule has 3 rings (SSSR count). The second-order valence-electron chi connectivity index (χ2n) is 7.27. The molecule has 2 aromatic rings. The van der Waals surface area contributed by atoms with Gasteiger partial charge in [-0.3, -0.25) is 4.79 Å². The molecule has 29 heavy (non-hydrogen) atoms. The minimum atomic E-state index is -0.329. The lowest BCUT2D eigenvalue weighted by Gasteiger charge is -2.30. The Morgan fingerprint density at radius 1 is 1.17 bits per heavy atom. The number of nitrogens with one attached hydrogen (secondary N) is 3. The van der Waals surface area contributed by atoms with Gasteiger partial charge < -0.3 is 20.7 Å². The van der Waals surface area contributed by atoms with E-state index < -0.39 is 0 Å². The van der Waals surface area contributed by atoms with Crippen molar-refractivity contribution in [2.24, 2.45) is 0 Å². The van der Waals surface area contributed by atoms with Crippen LogP contribution in [0, 0.1) is 0 Å². The number of amides is 1. The largest absolute Gasteiger partial charge is 0.492 e. The van der Waals surface area contributed by atoms with Crippen LogP contribution in [0.15, 0.2) is 59.8 Å². The van der Waals surface area contributed by atoms with Gasteiger partial charge in [0.2, 0.25) is 0 Å². The van der Waals surface area contributed by atoms with Gasteiger partial charge in [-0.25, -0.2) is 0 Å². The normalized spacial score (nSPS) is 16.3. The molecule has 0 saturated carbocycles. The van der Waals surface area contributed by atoms with E-state index in [0.29, 0.717) is 34.6 Å². The van der Waals surface area contributed by atoms with Gasteiger partial charge in [0.1, 0.15) is 5.75 Å². The summed E-state index contributed by atoms with van der Waals surface area (Å²) in [6.07, 6.45) is 0. The molecule has 152 valence electrons. The number of hydrogen-bond donors (Lipinski definition) is 3. The molecule has 1 heterocycles. The van der Waals surface area contributed by atoms with Gasteiger partial charge in [0.05, 0.1) is 23.9 Å². The van der Waals surface area contributed by atoms with E-state index in [9.17, 15) is 4.79 Å². The minimum Gasteiger partial charge on any atom is -0.492 e. The summed E-state index contributed by atoms with van der Waals surface area (Å²) in [5.41, 5.74) is 4.21. The zero-order valence-corrected chi connectivity index (χ0v) is 18.0. The lowest BCUT2D eigenvalue weighted by Crippen LogP contribution is -2.45. The zero-order chi connectivity index (χ0) is 21.0. The van der Waals surface area contributed by atoms with Crippen molar-refractivity contribution >= 4 is 28.9 Å². The van der Waals surface area contributed by atoms with Crippen LogP contribution in [0.1, 0.15) is 50.8 Å². The maximum absolute atomic E-state index is 13.3. The molecule has 0 bridgehead atoms. The molecule has 6 heteroatoms. The first-order chi connectivity index (χ1) is 13.9. The molecule has 1 atom stereocenters. The van der Waals surface area contributed by atoms with Crippen LogP contribution in [0.4, 0.5) is 5.69 Å². The van der Waals surface area contributed by atoms with Gasteiger partial charge in [-0.15, -0.1) is 0 Å². The Morgan fingerprint density at radius 3 is 2.52 bits per heavy atom. The minimum absolute atomic E-state index is 0.199. The van der Waals surface area contributed by atoms with Gasteiger partial charge in [0.15, 0.2) is 5.11 Å². The lowest BCUT2D eigenvalue weighted by molar-refractivity contribution is -0.113. The molecule has 0 unspecified atom stereocenters. The van der Waals surface area contributed by atoms with E-state index in [1.807, 2.05) is 38.1 Å². The number of benzene rings is 2. The highest BCUT2D eigenvalue weighted by Crippen LogP contribution is 2.30. The third-order valence-electron chi connectivity index (χ3n) is 4.89.